The smallest absolute Gasteiger partial charge is 0.333 e. The van der Waals surface area contributed by atoms with Crippen molar-refractivity contribution in [1.82, 2.24) is 5.32 Å². The summed E-state index contributed by atoms with van der Waals surface area (Å²) in [6.45, 7) is 3.76. The molecule has 0 saturated carbocycles. The van der Waals surface area contributed by atoms with E-state index in [-0.39, 0.29) is 6.61 Å². The quantitative estimate of drug-likeness (QED) is 0.679. The molecule has 1 amide bonds. The van der Waals surface area contributed by atoms with Crippen LogP contribution in [0.2, 0.25) is 0 Å². The molecule has 0 saturated heterocycles. The molecule has 3 rings (SSSR count). The Hall–Kier alpha value is -2.73. The van der Waals surface area contributed by atoms with Crippen molar-refractivity contribution in [2.45, 2.75) is 25.9 Å². The monoisotopic (exact) mass is 356 g/mol. The van der Waals surface area contributed by atoms with Gasteiger partial charge in [0.25, 0.3) is 5.91 Å². The fourth-order valence-electron chi connectivity index (χ4n) is 3.21. The molecule has 0 bridgehead atoms. The Balaban J connectivity index is 2.18. The van der Waals surface area contributed by atoms with Crippen molar-refractivity contribution >= 4 is 17.6 Å². The summed E-state index contributed by atoms with van der Waals surface area (Å²) in [5, 5.41) is 3.02. The molecule has 5 nitrogen and oxygen atoms in total. The molecule has 0 aliphatic carbocycles. The van der Waals surface area contributed by atoms with Crippen LogP contribution in [0.25, 0.3) is 0 Å². The number of hydrogen-bond donors (Lipinski definition) is 1. The highest BCUT2D eigenvalue weighted by Crippen LogP contribution is 2.35. The minimum atomic E-state index is -1.21. The lowest BCUT2D eigenvalue weighted by molar-refractivity contribution is -0.148. The summed E-state index contributed by atoms with van der Waals surface area (Å²) in [4.78, 5) is 26.6. The number of carbonyl (C=O) groups excluding carboxylic acids is 2. The number of hydrogen-bond acceptors (Lipinski definition) is 4. The first kappa shape index (κ1) is 18.1. The van der Waals surface area contributed by atoms with E-state index >= 15 is 0 Å². The molecule has 0 fully saturated rings. The minimum absolute atomic E-state index is 0.157. The second-order valence-electron chi connectivity index (χ2n) is 6.27. The van der Waals surface area contributed by atoms with Gasteiger partial charge in [-0.25, -0.2) is 9.18 Å². The van der Waals surface area contributed by atoms with Crippen LogP contribution in [0.4, 0.5) is 10.1 Å². The summed E-state index contributed by atoms with van der Waals surface area (Å²) in [5.74, 6) is -1.51. The van der Waals surface area contributed by atoms with Gasteiger partial charge in [-0.15, -0.1) is 0 Å². The summed E-state index contributed by atoms with van der Waals surface area (Å²) in [6, 6.07) is 10.1. The maximum absolute atomic E-state index is 14.5. The standard InChI is InChI=1S/C20H21FN2O3/c1-4-26-20(25)18-19(24)23(3)16-10-9-12(2)11-14(16)17(22-18)13-7-5-6-8-15(13)21/h5-11,17-18,22H,4H2,1-3H3. The van der Waals surface area contributed by atoms with Gasteiger partial charge in [-0.05, 0) is 31.5 Å². The van der Waals surface area contributed by atoms with Crippen molar-refractivity contribution in [2.24, 2.45) is 0 Å². The van der Waals surface area contributed by atoms with E-state index in [0.717, 1.165) is 11.1 Å². The average molecular weight is 356 g/mol. The molecule has 1 N–H and O–H groups in total. The number of likely N-dealkylation sites (N-methyl/N-ethyl adjacent to an activating group) is 1. The molecule has 2 aromatic rings. The van der Waals surface area contributed by atoms with Crippen molar-refractivity contribution in [3.05, 3.63) is 65.0 Å². The lowest BCUT2D eigenvalue weighted by Crippen LogP contribution is -2.49. The maximum Gasteiger partial charge on any atom is 0.333 e. The van der Waals surface area contributed by atoms with Gasteiger partial charge in [0.2, 0.25) is 0 Å². The van der Waals surface area contributed by atoms with Crippen molar-refractivity contribution in [1.29, 1.82) is 0 Å². The summed E-state index contributed by atoms with van der Waals surface area (Å²) < 4.78 is 19.6. The Labute approximate surface area is 151 Å². The number of ether oxygens (including phenoxy) is 1. The zero-order valence-electron chi connectivity index (χ0n) is 15.0. The van der Waals surface area contributed by atoms with E-state index in [2.05, 4.69) is 5.32 Å². The van der Waals surface area contributed by atoms with Gasteiger partial charge in [0, 0.05) is 18.3 Å². The molecule has 0 aromatic heterocycles. The summed E-state index contributed by atoms with van der Waals surface area (Å²) in [6.07, 6.45) is 0. The number of fused-ring (bicyclic) bond motifs is 1. The number of anilines is 1. The first-order valence-electron chi connectivity index (χ1n) is 8.49. The predicted molar refractivity (Wildman–Crippen MR) is 96.4 cm³/mol. The zero-order valence-corrected chi connectivity index (χ0v) is 15.0. The third-order valence-corrected chi connectivity index (χ3v) is 4.50. The van der Waals surface area contributed by atoms with Crippen LogP contribution in [0.3, 0.4) is 0 Å². The molecule has 2 unspecified atom stereocenters. The van der Waals surface area contributed by atoms with Gasteiger partial charge in [-0.2, -0.15) is 0 Å². The normalized spacial score (nSPS) is 19.7. The molecule has 1 aliphatic heterocycles. The number of benzene rings is 2. The number of carbonyl (C=O) groups is 2. The number of amides is 1. The second kappa shape index (κ2) is 7.25. The molecule has 2 atom stereocenters. The molecular formula is C20H21FN2O3. The van der Waals surface area contributed by atoms with Gasteiger partial charge >= 0.3 is 5.97 Å². The number of halogens is 1. The van der Waals surface area contributed by atoms with E-state index in [0.29, 0.717) is 11.3 Å². The fraction of sp³-hybridized carbons (Fsp3) is 0.300. The SMILES string of the molecule is CCOC(=O)C1NC(c2ccccc2F)c2cc(C)ccc2N(C)C1=O. The molecule has 6 heteroatoms. The molecule has 1 heterocycles. The largest absolute Gasteiger partial charge is 0.464 e. The van der Waals surface area contributed by atoms with Crippen LogP contribution in [-0.2, 0) is 14.3 Å². The number of nitrogens with one attached hydrogen (secondary N) is 1. The minimum Gasteiger partial charge on any atom is -0.464 e. The summed E-state index contributed by atoms with van der Waals surface area (Å²) in [7, 11) is 1.61. The third-order valence-electron chi connectivity index (χ3n) is 4.50. The Bertz CT molecular complexity index is 853. The summed E-state index contributed by atoms with van der Waals surface area (Å²) in [5.41, 5.74) is 2.71. The number of rotatable bonds is 3. The van der Waals surface area contributed by atoms with Crippen molar-refractivity contribution < 1.29 is 18.7 Å². The molecular weight excluding hydrogens is 335 g/mol. The van der Waals surface area contributed by atoms with Crippen LogP contribution in [0.1, 0.15) is 29.7 Å². The third kappa shape index (κ3) is 3.20. The molecule has 1 aliphatic rings. The van der Waals surface area contributed by atoms with Gasteiger partial charge in [0.05, 0.1) is 12.6 Å². The molecule has 0 radical (unpaired) electrons. The van der Waals surface area contributed by atoms with Gasteiger partial charge in [-0.3, -0.25) is 10.1 Å². The van der Waals surface area contributed by atoms with Gasteiger partial charge < -0.3 is 9.64 Å². The number of nitrogens with zero attached hydrogens (tertiary/aromatic N) is 1. The predicted octanol–water partition coefficient (Wildman–Crippen LogP) is 2.72. The molecule has 26 heavy (non-hydrogen) atoms. The van der Waals surface area contributed by atoms with Crippen LogP contribution in [0, 0.1) is 12.7 Å². The van der Waals surface area contributed by atoms with E-state index in [4.69, 9.17) is 4.74 Å². The Morgan fingerprint density at radius 3 is 2.65 bits per heavy atom. The molecule has 0 spiro atoms. The van der Waals surface area contributed by atoms with E-state index in [1.54, 1.807) is 32.2 Å². The Morgan fingerprint density at radius 2 is 1.96 bits per heavy atom. The Kier molecular flexibility index (Phi) is 5.04. The van der Waals surface area contributed by atoms with Crippen molar-refractivity contribution in [3.63, 3.8) is 0 Å². The highest BCUT2D eigenvalue weighted by molar-refractivity contribution is 6.10. The zero-order chi connectivity index (χ0) is 18.8. The van der Waals surface area contributed by atoms with Crippen molar-refractivity contribution in [2.75, 3.05) is 18.6 Å². The second-order valence-corrected chi connectivity index (χ2v) is 6.27. The van der Waals surface area contributed by atoms with E-state index in [9.17, 15) is 14.0 Å². The summed E-state index contributed by atoms with van der Waals surface area (Å²) >= 11 is 0. The molecule has 2 aromatic carbocycles. The number of esters is 1. The lowest BCUT2D eigenvalue weighted by atomic mass is 9.95. The first-order chi connectivity index (χ1) is 12.4. The van der Waals surface area contributed by atoms with Crippen LogP contribution in [0.5, 0.6) is 0 Å². The van der Waals surface area contributed by atoms with Crippen molar-refractivity contribution in [3.8, 4) is 0 Å². The highest BCUT2D eigenvalue weighted by atomic mass is 19.1. The highest BCUT2D eigenvalue weighted by Gasteiger charge is 2.39. The first-order valence-corrected chi connectivity index (χ1v) is 8.49. The van der Waals surface area contributed by atoms with Crippen LogP contribution in [-0.4, -0.2) is 31.6 Å². The van der Waals surface area contributed by atoms with Gasteiger partial charge in [0.15, 0.2) is 6.04 Å². The number of aryl methyl sites for hydroxylation is 1. The van der Waals surface area contributed by atoms with Gasteiger partial charge in [0.1, 0.15) is 5.82 Å². The van der Waals surface area contributed by atoms with E-state index in [1.807, 2.05) is 25.1 Å². The van der Waals surface area contributed by atoms with Crippen LogP contribution < -0.4 is 10.2 Å². The molecule has 136 valence electrons. The topological polar surface area (TPSA) is 58.6 Å². The maximum atomic E-state index is 14.5. The van der Waals surface area contributed by atoms with Crippen LogP contribution in [0.15, 0.2) is 42.5 Å². The van der Waals surface area contributed by atoms with E-state index in [1.165, 1.54) is 11.0 Å². The fourth-order valence-corrected chi connectivity index (χ4v) is 3.21. The van der Waals surface area contributed by atoms with Gasteiger partial charge in [-0.1, -0.05) is 35.9 Å². The van der Waals surface area contributed by atoms with E-state index < -0.39 is 29.8 Å². The Morgan fingerprint density at radius 1 is 1.23 bits per heavy atom. The average Bonchev–Trinajstić information content (AvgIpc) is 2.72. The lowest BCUT2D eigenvalue weighted by Gasteiger charge is -2.22. The van der Waals surface area contributed by atoms with Crippen LogP contribution >= 0.6 is 0 Å².